The number of rotatable bonds is 23. The SMILES string of the molecule is CCCCCCCCC1(CCCCCCCC)c2ccccc2-c2ccc(-c3ccc4c(c3)C(C)(C)c3cc(-c5ccc6c(c5)C(C)(C)c5cc(-c7ccc8oc9c(N(c%10ccc(C(C)(C)C)cc%10)c%10ccc(C(C)(C)C)cc%10)cc%10c(c9c8c7)-c7c(cc(N(c8ccc(C(C)(C)C)cc8)c8ccc(C(C)(C)C)cc8)c8c7oc7ccccc78)C%107c8ccccc8-c8ccccc87)ccc5-6)ccc3-4)cc21. The number of hydrogen-bond donors (Lipinski definition) is 0. The highest BCUT2D eigenvalue weighted by Gasteiger charge is 2.56. The number of benzene rings is 16. The number of hydrogen-bond acceptors (Lipinski definition) is 4. The number of anilines is 6. The molecule has 0 atom stereocenters. The van der Waals surface area contributed by atoms with Gasteiger partial charge in [0.15, 0.2) is 5.58 Å². The zero-order valence-electron chi connectivity index (χ0n) is 85.6. The van der Waals surface area contributed by atoms with Crippen molar-refractivity contribution in [3.63, 3.8) is 0 Å². The van der Waals surface area contributed by atoms with Crippen molar-refractivity contribution in [3.8, 4) is 89.0 Å². The van der Waals surface area contributed by atoms with Gasteiger partial charge in [0.05, 0.1) is 22.2 Å². The third-order valence-corrected chi connectivity index (χ3v) is 33.3. The van der Waals surface area contributed by atoms with Crippen molar-refractivity contribution in [1.29, 1.82) is 0 Å². The van der Waals surface area contributed by atoms with Gasteiger partial charge >= 0.3 is 0 Å². The maximum absolute atomic E-state index is 7.95. The van der Waals surface area contributed by atoms with Crippen molar-refractivity contribution in [2.24, 2.45) is 0 Å². The van der Waals surface area contributed by atoms with E-state index in [-0.39, 0.29) is 37.9 Å². The van der Waals surface area contributed by atoms with Crippen LogP contribution in [0, 0.1) is 0 Å². The third kappa shape index (κ3) is 14.5. The third-order valence-electron chi connectivity index (χ3n) is 33.3. The van der Waals surface area contributed by atoms with Crippen LogP contribution in [0.2, 0.25) is 0 Å². The molecule has 23 rings (SSSR count). The quantitative estimate of drug-likeness (QED) is 0.0598. The van der Waals surface area contributed by atoms with Gasteiger partial charge in [-0.1, -0.05) is 408 Å². The van der Waals surface area contributed by atoms with Gasteiger partial charge < -0.3 is 18.6 Å². The number of nitrogens with zero attached hydrogens (tertiary/aromatic N) is 2. The predicted octanol–water partition coefficient (Wildman–Crippen LogP) is 39.3. The lowest BCUT2D eigenvalue weighted by Gasteiger charge is -2.34. The van der Waals surface area contributed by atoms with E-state index in [9.17, 15) is 0 Å². The molecule has 16 aromatic carbocycles. The van der Waals surface area contributed by atoms with Gasteiger partial charge in [-0.05, 0) is 299 Å². The lowest BCUT2D eigenvalue weighted by molar-refractivity contribution is 0.398. The van der Waals surface area contributed by atoms with Crippen LogP contribution in [-0.2, 0) is 43.3 Å². The summed E-state index contributed by atoms with van der Waals surface area (Å²) in [7, 11) is 0. The van der Waals surface area contributed by atoms with Crippen molar-refractivity contribution in [3.05, 3.63) is 393 Å². The lowest BCUT2D eigenvalue weighted by atomic mass is 9.70. The molecule has 0 bridgehead atoms. The topological polar surface area (TPSA) is 32.8 Å². The highest BCUT2D eigenvalue weighted by molar-refractivity contribution is 6.27. The zero-order valence-corrected chi connectivity index (χ0v) is 85.6. The van der Waals surface area contributed by atoms with Crippen molar-refractivity contribution in [1.82, 2.24) is 0 Å². The van der Waals surface area contributed by atoms with E-state index < -0.39 is 5.41 Å². The minimum Gasteiger partial charge on any atom is -0.455 e. The molecule has 0 saturated heterocycles. The van der Waals surface area contributed by atoms with Crippen LogP contribution in [0.4, 0.5) is 34.1 Å². The second kappa shape index (κ2) is 33.7. The van der Waals surface area contributed by atoms with Crippen molar-refractivity contribution >= 4 is 78.0 Å². The van der Waals surface area contributed by atoms with Gasteiger partial charge in [0.1, 0.15) is 16.7 Å². The standard InChI is InChI=1S/C136H134N2O2/c1-19-21-23-25-27-37-75-135(76-38-28-26-24-22-20-2)109-43-33-29-39-99(109)106-73-51-90(82-116(106)135)89-50-72-105-104-71-49-88(80-114(104)134(17,18)115(105)81-89)87-48-70-103-102-69-47-86(78-112(102)133(15,16)113(103)79-87)85-52-74-122-108(77-85)124-125-117(84-120(127(124)139-122)138(97-65-57-93(58-66-97)131(9,10)11)98-67-59-94(60-68-98)132(12,13)14)136(110-44-34-30-40-100(110)101-41-31-35-45-111(101)136)118-83-119(123-107-42-32-36-46-121(107)140-128(123)126(118)125)137(95-61-53-91(54-62-95)129(3,4)5)96-63-55-92(56-64-96)130(6,7)8/h29-36,39-74,77-84H,19-28,37-38,75-76H2,1-18H3. The summed E-state index contributed by atoms with van der Waals surface area (Å²) >= 11 is 0. The minimum absolute atomic E-state index is 0.0245. The second-order valence-corrected chi connectivity index (χ2v) is 46.9. The second-order valence-electron chi connectivity index (χ2n) is 46.9. The van der Waals surface area contributed by atoms with E-state index in [1.165, 1.54) is 218 Å². The van der Waals surface area contributed by atoms with Crippen LogP contribution in [0.15, 0.2) is 324 Å². The van der Waals surface area contributed by atoms with Gasteiger partial charge in [0.2, 0.25) is 0 Å². The number of furan rings is 2. The number of para-hydroxylation sites is 1. The highest BCUT2D eigenvalue weighted by Crippen LogP contribution is 2.69. The maximum atomic E-state index is 7.95. The monoisotopic (exact) mass is 1830 g/mol. The summed E-state index contributed by atoms with van der Waals surface area (Å²) in [6.45, 7) is 42.2. The van der Waals surface area contributed by atoms with Crippen molar-refractivity contribution in [2.75, 3.05) is 9.80 Å². The van der Waals surface area contributed by atoms with E-state index in [0.29, 0.717) is 0 Å². The summed E-state index contributed by atoms with van der Waals surface area (Å²) in [5.41, 5.74) is 46.4. The molecule has 0 fully saturated rings. The van der Waals surface area contributed by atoms with Crippen LogP contribution >= 0.6 is 0 Å². The Hall–Kier alpha value is -13.3. The Bertz CT molecular complexity index is 7780. The molecule has 5 aliphatic rings. The first-order chi connectivity index (χ1) is 67.4. The van der Waals surface area contributed by atoms with Gasteiger partial charge in [-0.2, -0.15) is 0 Å². The van der Waals surface area contributed by atoms with E-state index in [1.807, 2.05) is 0 Å². The van der Waals surface area contributed by atoms with Crippen LogP contribution < -0.4 is 9.80 Å². The average molecular weight is 1830 g/mol. The molecule has 4 heteroatoms. The summed E-state index contributed by atoms with van der Waals surface area (Å²) < 4.78 is 15.9. The molecule has 18 aromatic rings. The first-order valence-electron chi connectivity index (χ1n) is 52.5. The van der Waals surface area contributed by atoms with E-state index >= 15 is 0 Å². The average Bonchev–Trinajstić information content (AvgIpc) is 1.48. The van der Waals surface area contributed by atoms with E-state index in [0.717, 1.165) is 106 Å². The Kier molecular flexibility index (Phi) is 21.8. The van der Waals surface area contributed by atoms with E-state index in [4.69, 9.17) is 8.83 Å². The normalized spacial score (nSPS) is 14.7. The van der Waals surface area contributed by atoms with E-state index in [2.05, 4.69) is 450 Å². The Morgan fingerprint density at radius 2 is 0.557 bits per heavy atom. The molecule has 0 saturated carbocycles. The van der Waals surface area contributed by atoms with Gasteiger partial charge in [0.25, 0.3) is 0 Å². The smallest absolute Gasteiger partial charge is 0.160 e. The van der Waals surface area contributed by atoms with Gasteiger partial charge in [-0.15, -0.1) is 0 Å². The molecular weight excluding hydrogens is 1690 g/mol. The fraction of sp³-hybridized carbons (Fsp3) is 0.294. The predicted molar refractivity (Wildman–Crippen MR) is 595 cm³/mol. The lowest BCUT2D eigenvalue weighted by Crippen LogP contribution is -2.26. The van der Waals surface area contributed by atoms with Crippen molar-refractivity contribution in [2.45, 2.75) is 258 Å². The molecule has 5 aliphatic carbocycles. The van der Waals surface area contributed by atoms with Gasteiger partial charge in [-0.3, -0.25) is 0 Å². The molecule has 0 aliphatic heterocycles. The Balaban J connectivity index is 0.671. The Labute approximate surface area is 831 Å². The molecule has 4 nitrogen and oxygen atoms in total. The molecular formula is C136H134N2O2. The zero-order chi connectivity index (χ0) is 96.6. The summed E-state index contributed by atoms with van der Waals surface area (Å²) in [6, 6.07) is 123. The fourth-order valence-corrected chi connectivity index (χ4v) is 25.6. The summed E-state index contributed by atoms with van der Waals surface area (Å²) in [4.78, 5) is 5.02. The maximum Gasteiger partial charge on any atom is 0.160 e. The first kappa shape index (κ1) is 90.6. The largest absolute Gasteiger partial charge is 0.455 e. The molecule has 700 valence electrons. The van der Waals surface area contributed by atoms with Crippen LogP contribution in [0.3, 0.4) is 0 Å². The fourth-order valence-electron chi connectivity index (χ4n) is 25.6. The van der Waals surface area contributed by atoms with Gasteiger partial charge in [0, 0.05) is 66.3 Å². The number of unbranched alkanes of at least 4 members (excludes halogenated alkanes) is 10. The van der Waals surface area contributed by atoms with Crippen LogP contribution in [0.1, 0.15) is 292 Å². The van der Waals surface area contributed by atoms with Gasteiger partial charge in [-0.25, -0.2) is 0 Å². The van der Waals surface area contributed by atoms with Crippen LogP contribution in [0.5, 0.6) is 0 Å². The number of fused-ring (bicyclic) bond motifs is 27. The van der Waals surface area contributed by atoms with Crippen LogP contribution in [-0.4, -0.2) is 0 Å². The molecule has 0 amide bonds. The molecule has 140 heavy (non-hydrogen) atoms. The molecule has 0 unspecified atom stereocenters. The minimum atomic E-state index is -0.916. The molecule has 2 aromatic heterocycles. The summed E-state index contributed by atoms with van der Waals surface area (Å²) in [5.74, 6) is 0. The highest BCUT2D eigenvalue weighted by atomic mass is 16.3. The molecule has 2 heterocycles. The summed E-state index contributed by atoms with van der Waals surface area (Å²) in [5, 5.41) is 4.18. The van der Waals surface area contributed by atoms with Crippen LogP contribution in [0.25, 0.3) is 133 Å². The summed E-state index contributed by atoms with van der Waals surface area (Å²) in [6.07, 6.45) is 18.2. The van der Waals surface area contributed by atoms with Crippen molar-refractivity contribution < 1.29 is 8.83 Å². The first-order valence-corrected chi connectivity index (χ1v) is 52.5. The Morgan fingerprint density at radius 3 is 0.979 bits per heavy atom. The Morgan fingerprint density at radius 1 is 0.243 bits per heavy atom. The molecule has 1 spiro atoms. The molecule has 0 N–H and O–H groups in total. The molecule has 0 radical (unpaired) electrons. The van der Waals surface area contributed by atoms with E-state index in [1.54, 1.807) is 11.1 Å².